The molecule has 8 heteroatoms. The third kappa shape index (κ3) is 4.41. The van der Waals surface area contributed by atoms with Gasteiger partial charge in [-0.2, -0.15) is 0 Å². The van der Waals surface area contributed by atoms with Crippen molar-refractivity contribution in [3.8, 4) is 17.4 Å². The molecule has 0 fully saturated rings. The first-order valence-corrected chi connectivity index (χ1v) is 7.80. The molecule has 0 aliphatic rings. The zero-order chi connectivity index (χ0) is 19.3. The number of nitrogens with one attached hydrogen (secondary N) is 1. The molecular weight excluding hydrogens is 340 g/mol. The first-order valence-electron chi connectivity index (χ1n) is 7.80. The fourth-order valence-corrected chi connectivity index (χ4v) is 2.22. The number of carboxylic acids is 1. The van der Waals surface area contributed by atoms with Crippen LogP contribution in [0.5, 0.6) is 17.4 Å². The van der Waals surface area contributed by atoms with Gasteiger partial charge in [-0.3, -0.25) is 4.79 Å². The van der Waals surface area contributed by atoms with Gasteiger partial charge in [0.05, 0.1) is 31.6 Å². The Kier molecular flexibility index (Phi) is 6.00. The van der Waals surface area contributed by atoms with Crippen LogP contribution in [0, 0.1) is 0 Å². The minimum absolute atomic E-state index is 0.0530. The molecule has 1 aromatic carbocycles. The van der Waals surface area contributed by atoms with Gasteiger partial charge >= 0.3 is 5.97 Å². The highest BCUT2D eigenvalue weighted by Gasteiger charge is 2.19. The summed E-state index contributed by atoms with van der Waals surface area (Å²) in [5.74, 6) is -0.988. The quantitative estimate of drug-likeness (QED) is 0.782. The summed E-state index contributed by atoms with van der Waals surface area (Å²) < 4.78 is 15.9. The third-order valence-corrected chi connectivity index (χ3v) is 3.29. The zero-order valence-electron chi connectivity index (χ0n) is 14.9. The lowest BCUT2D eigenvalue weighted by Crippen LogP contribution is -2.16. The van der Waals surface area contributed by atoms with Gasteiger partial charge in [0.25, 0.3) is 5.91 Å². The lowest BCUT2D eigenvalue weighted by Gasteiger charge is -2.15. The molecule has 0 saturated heterocycles. The van der Waals surface area contributed by atoms with Crippen LogP contribution in [0.15, 0.2) is 30.3 Å². The maximum atomic E-state index is 12.5. The lowest BCUT2D eigenvalue weighted by molar-refractivity contribution is 0.0696. The highest BCUT2D eigenvalue weighted by Crippen LogP contribution is 2.36. The van der Waals surface area contributed by atoms with E-state index in [0.717, 1.165) is 0 Å². The number of aromatic nitrogens is 1. The third-order valence-electron chi connectivity index (χ3n) is 3.29. The second kappa shape index (κ2) is 8.19. The average Bonchev–Trinajstić information content (AvgIpc) is 2.60. The van der Waals surface area contributed by atoms with Gasteiger partial charge in [0.15, 0.2) is 11.5 Å². The molecule has 2 aromatic rings. The Morgan fingerprint density at radius 1 is 1.15 bits per heavy atom. The minimum atomic E-state index is -1.16. The number of hydrogen-bond donors (Lipinski definition) is 2. The van der Waals surface area contributed by atoms with Gasteiger partial charge in [0.2, 0.25) is 5.88 Å². The van der Waals surface area contributed by atoms with Crippen molar-refractivity contribution in [1.29, 1.82) is 0 Å². The van der Waals surface area contributed by atoms with E-state index in [0.29, 0.717) is 5.88 Å². The number of amides is 1. The van der Waals surface area contributed by atoms with Crippen LogP contribution in [0.25, 0.3) is 0 Å². The monoisotopic (exact) mass is 360 g/mol. The van der Waals surface area contributed by atoms with Crippen LogP contribution < -0.4 is 19.5 Å². The fourth-order valence-electron chi connectivity index (χ4n) is 2.22. The first kappa shape index (κ1) is 19.0. The number of rotatable bonds is 7. The molecule has 0 spiro atoms. The van der Waals surface area contributed by atoms with Crippen LogP contribution in [0.2, 0.25) is 0 Å². The van der Waals surface area contributed by atoms with E-state index >= 15 is 0 Å². The largest absolute Gasteiger partial charge is 0.493 e. The van der Waals surface area contributed by atoms with Crippen LogP contribution in [-0.4, -0.2) is 42.3 Å². The Balaban J connectivity index is 2.36. The molecule has 26 heavy (non-hydrogen) atoms. The summed E-state index contributed by atoms with van der Waals surface area (Å²) >= 11 is 0. The van der Waals surface area contributed by atoms with Gasteiger partial charge in [0.1, 0.15) is 5.69 Å². The highest BCUT2D eigenvalue weighted by molar-refractivity contribution is 6.05. The molecule has 0 aliphatic heterocycles. The minimum Gasteiger partial charge on any atom is -0.493 e. The number of carbonyl (C=O) groups is 2. The Morgan fingerprint density at radius 2 is 1.88 bits per heavy atom. The van der Waals surface area contributed by atoms with Crippen LogP contribution in [-0.2, 0) is 0 Å². The maximum absolute atomic E-state index is 12.5. The summed E-state index contributed by atoms with van der Waals surface area (Å²) in [4.78, 5) is 28.0. The molecule has 0 atom stereocenters. The Labute approximate surface area is 150 Å². The molecule has 2 N–H and O–H groups in total. The van der Waals surface area contributed by atoms with Gasteiger partial charge in [-0.25, -0.2) is 9.78 Å². The molecule has 0 saturated carbocycles. The summed E-state index contributed by atoms with van der Waals surface area (Å²) in [7, 11) is 2.77. The predicted octanol–water partition coefficient (Wildman–Crippen LogP) is 2.84. The molecule has 0 unspecified atom stereocenters. The van der Waals surface area contributed by atoms with Crippen molar-refractivity contribution >= 4 is 17.6 Å². The number of aromatic carboxylic acids is 1. The SMILES string of the molecule is COc1cc(C(=O)O)cc(NC(=O)c2cccc(OC(C)C)n2)c1OC. The van der Waals surface area contributed by atoms with Crippen LogP contribution in [0.1, 0.15) is 34.7 Å². The molecule has 0 radical (unpaired) electrons. The van der Waals surface area contributed by atoms with Crippen molar-refractivity contribution < 1.29 is 28.9 Å². The van der Waals surface area contributed by atoms with Gasteiger partial charge in [-0.05, 0) is 32.0 Å². The number of carboxylic acid groups (broad SMARTS) is 1. The standard InChI is InChI=1S/C18H20N2O6/c1-10(2)26-15-7-5-6-12(19-15)17(21)20-13-8-11(18(22)23)9-14(24-3)16(13)25-4/h5-10H,1-4H3,(H,20,21)(H,22,23). The average molecular weight is 360 g/mol. The molecule has 1 amide bonds. The first-order chi connectivity index (χ1) is 12.3. The van der Waals surface area contributed by atoms with E-state index in [9.17, 15) is 14.7 Å². The van der Waals surface area contributed by atoms with Gasteiger partial charge in [-0.15, -0.1) is 0 Å². The second-order valence-corrected chi connectivity index (χ2v) is 5.55. The molecule has 1 aromatic heterocycles. The van der Waals surface area contributed by atoms with Crippen LogP contribution >= 0.6 is 0 Å². The summed E-state index contributed by atoms with van der Waals surface area (Å²) in [5, 5.41) is 11.8. The van der Waals surface area contributed by atoms with Gasteiger partial charge in [0, 0.05) is 6.07 Å². The molecule has 138 valence electrons. The van der Waals surface area contributed by atoms with Crippen molar-refractivity contribution in [2.75, 3.05) is 19.5 Å². The number of benzene rings is 1. The van der Waals surface area contributed by atoms with E-state index in [2.05, 4.69) is 10.3 Å². The fraction of sp³-hybridized carbons (Fsp3) is 0.278. The number of methoxy groups -OCH3 is 2. The van der Waals surface area contributed by atoms with E-state index in [4.69, 9.17) is 14.2 Å². The topological polar surface area (TPSA) is 107 Å². The van der Waals surface area contributed by atoms with Gasteiger partial charge < -0.3 is 24.6 Å². The van der Waals surface area contributed by atoms with E-state index in [1.54, 1.807) is 12.1 Å². The number of anilines is 1. The van der Waals surface area contributed by atoms with Gasteiger partial charge in [-0.1, -0.05) is 6.07 Å². The van der Waals surface area contributed by atoms with Crippen molar-refractivity contribution in [2.24, 2.45) is 0 Å². The van der Waals surface area contributed by atoms with Crippen LogP contribution in [0.4, 0.5) is 5.69 Å². The molecule has 8 nitrogen and oxygen atoms in total. The number of nitrogens with zero attached hydrogens (tertiary/aromatic N) is 1. The van der Waals surface area contributed by atoms with E-state index in [1.807, 2.05) is 13.8 Å². The normalized spacial score (nSPS) is 10.3. The summed E-state index contributed by atoms with van der Waals surface area (Å²) in [5.41, 5.74) is 0.221. The molecule has 0 aliphatic carbocycles. The number of pyridine rings is 1. The number of carbonyl (C=O) groups excluding carboxylic acids is 1. The van der Waals surface area contributed by atoms with Crippen molar-refractivity contribution in [2.45, 2.75) is 20.0 Å². The molecule has 2 rings (SSSR count). The molecular formula is C18H20N2O6. The smallest absolute Gasteiger partial charge is 0.335 e. The van der Waals surface area contributed by atoms with Crippen molar-refractivity contribution in [1.82, 2.24) is 4.98 Å². The zero-order valence-corrected chi connectivity index (χ0v) is 14.9. The van der Waals surface area contributed by atoms with E-state index < -0.39 is 11.9 Å². The Morgan fingerprint density at radius 3 is 2.46 bits per heavy atom. The summed E-state index contributed by atoms with van der Waals surface area (Å²) in [6, 6.07) is 7.41. The van der Waals surface area contributed by atoms with Crippen LogP contribution in [0.3, 0.4) is 0 Å². The predicted molar refractivity (Wildman–Crippen MR) is 94.5 cm³/mol. The van der Waals surface area contributed by atoms with Crippen molar-refractivity contribution in [3.05, 3.63) is 41.6 Å². The number of ether oxygens (including phenoxy) is 3. The maximum Gasteiger partial charge on any atom is 0.335 e. The van der Waals surface area contributed by atoms with E-state index in [1.165, 1.54) is 32.4 Å². The Hall–Kier alpha value is -3.29. The lowest BCUT2D eigenvalue weighted by atomic mass is 10.1. The molecule has 1 heterocycles. The van der Waals surface area contributed by atoms with Crippen molar-refractivity contribution in [3.63, 3.8) is 0 Å². The van der Waals surface area contributed by atoms with E-state index in [-0.39, 0.29) is 34.5 Å². The number of hydrogen-bond acceptors (Lipinski definition) is 6. The summed E-state index contributed by atoms with van der Waals surface area (Å²) in [6.07, 6.45) is -0.0857. The Bertz CT molecular complexity index is 819. The summed E-state index contributed by atoms with van der Waals surface area (Å²) in [6.45, 7) is 3.70. The highest BCUT2D eigenvalue weighted by atomic mass is 16.5. The molecule has 0 bridgehead atoms. The second-order valence-electron chi connectivity index (χ2n) is 5.55.